The molecule has 180 valence electrons. The first-order chi connectivity index (χ1) is 16.7. The van der Waals surface area contributed by atoms with E-state index in [2.05, 4.69) is 20.3 Å². The minimum absolute atomic E-state index is 0.0646. The molecule has 35 heavy (non-hydrogen) atoms. The minimum atomic E-state index is -0.505. The van der Waals surface area contributed by atoms with Crippen LogP contribution in [0.5, 0.6) is 0 Å². The summed E-state index contributed by atoms with van der Waals surface area (Å²) < 4.78 is 27.7. The number of carbonyl (C=O) groups is 1. The van der Waals surface area contributed by atoms with Crippen LogP contribution < -0.4 is 10.9 Å². The SMILES string of the molecule is CC(Cc1cc(F)ccc1F)Nc1cc[nH]c(=O)c1-c1nc2cc3c(cc2[nH]1)CC(N(C)C)C3=O. The summed E-state index contributed by atoms with van der Waals surface area (Å²) in [5.74, 6) is -0.568. The number of nitrogens with zero attached hydrogens (tertiary/aromatic N) is 2. The highest BCUT2D eigenvalue weighted by atomic mass is 19.1. The van der Waals surface area contributed by atoms with Crippen molar-refractivity contribution in [2.24, 2.45) is 0 Å². The van der Waals surface area contributed by atoms with Crippen LogP contribution >= 0.6 is 0 Å². The van der Waals surface area contributed by atoms with Gasteiger partial charge in [0.05, 0.1) is 22.8 Å². The summed E-state index contributed by atoms with van der Waals surface area (Å²) in [7, 11) is 3.77. The Morgan fingerprint density at radius 1 is 1.17 bits per heavy atom. The highest BCUT2D eigenvalue weighted by molar-refractivity contribution is 6.07. The molecule has 2 aromatic carbocycles. The van der Waals surface area contributed by atoms with Crippen LogP contribution in [0.2, 0.25) is 0 Å². The third-order valence-corrected chi connectivity index (χ3v) is 6.44. The largest absolute Gasteiger partial charge is 0.381 e. The zero-order valence-corrected chi connectivity index (χ0v) is 19.6. The highest BCUT2D eigenvalue weighted by Crippen LogP contribution is 2.31. The Labute approximate surface area is 200 Å². The van der Waals surface area contributed by atoms with E-state index in [1.165, 1.54) is 12.3 Å². The van der Waals surface area contributed by atoms with Crippen molar-refractivity contribution in [2.45, 2.75) is 31.8 Å². The molecule has 4 aromatic rings. The molecule has 9 heteroatoms. The number of benzene rings is 2. The molecule has 5 rings (SSSR count). The molecule has 0 saturated carbocycles. The lowest BCUT2D eigenvalue weighted by molar-refractivity contribution is 0.0897. The summed E-state index contributed by atoms with van der Waals surface area (Å²) in [5, 5.41) is 3.23. The maximum atomic E-state index is 14.1. The van der Waals surface area contributed by atoms with Crippen LogP contribution in [0.15, 0.2) is 47.4 Å². The van der Waals surface area contributed by atoms with E-state index in [-0.39, 0.29) is 35.4 Å². The molecule has 2 aromatic heterocycles. The standard InChI is InChI=1S/C26H25F2N5O2/c1-13(8-15-9-16(27)4-5-18(15)28)30-19-6-7-29-26(35)23(19)25-31-20-10-14-11-22(33(2)3)24(34)17(14)12-21(20)32-25/h4-7,9-10,12-13,22H,8,11H2,1-3H3,(H,31,32)(H2,29,30,35). The van der Waals surface area contributed by atoms with Crippen molar-refractivity contribution in [2.75, 3.05) is 19.4 Å². The number of pyridine rings is 1. The van der Waals surface area contributed by atoms with E-state index in [1.807, 2.05) is 32.0 Å². The van der Waals surface area contributed by atoms with Crippen LogP contribution in [0, 0.1) is 11.6 Å². The molecule has 2 heterocycles. The number of likely N-dealkylation sites (N-methyl/N-ethyl adjacent to an activating group) is 1. The van der Waals surface area contributed by atoms with E-state index in [9.17, 15) is 18.4 Å². The second-order valence-electron chi connectivity index (χ2n) is 9.24. The van der Waals surface area contributed by atoms with Crippen LogP contribution in [-0.2, 0) is 12.8 Å². The number of carbonyl (C=O) groups excluding carboxylic acids is 1. The van der Waals surface area contributed by atoms with Crippen LogP contribution in [0.4, 0.5) is 14.5 Å². The molecule has 0 spiro atoms. The van der Waals surface area contributed by atoms with Gasteiger partial charge in [0.15, 0.2) is 5.78 Å². The van der Waals surface area contributed by atoms with E-state index in [4.69, 9.17) is 0 Å². The number of nitrogens with one attached hydrogen (secondary N) is 3. The van der Waals surface area contributed by atoms with Crippen LogP contribution in [-0.4, -0.2) is 51.8 Å². The second-order valence-corrected chi connectivity index (χ2v) is 9.24. The molecule has 0 radical (unpaired) electrons. The number of halogens is 2. The molecule has 0 amide bonds. The normalized spacial score (nSPS) is 16.2. The quantitative estimate of drug-likeness (QED) is 0.392. The van der Waals surface area contributed by atoms with Gasteiger partial charge in [0.1, 0.15) is 23.0 Å². The maximum absolute atomic E-state index is 14.1. The summed E-state index contributed by atoms with van der Waals surface area (Å²) in [6.45, 7) is 1.82. The van der Waals surface area contributed by atoms with E-state index in [1.54, 1.807) is 12.1 Å². The van der Waals surface area contributed by atoms with Gasteiger partial charge in [-0.25, -0.2) is 13.8 Å². The van der Waals surface area contributed by atoms with Crippen molar-refractivity contribution < 1.29 is 13.6 Å². The minimum Gasteiger partial charge on any atom is -0.381 e. The average Bonchev–Trinajstić information content (AvgIpc) is 3.35. The summed E-state index contributed by atoms with van der Waals surface area (Å²) in [6, 6.07) is 8.26. The first kappa shape index (κ1) is 22.9. The Kier molecular flexibility index (Phi) is 5.72. The first-order valence-electron chi connectivity index (χ1n) is 11.4. The van der Waals surface area contributed by atoms with Crippen molar-refractivity contribution >= 4 is 22.5 Å². The molecule has 0 saturated heterocycles. The van der Waals surface area contributed by atoms with E-state index < -0.39 is 11.6 Å². The third-order valence-electron chi connectivity index (χ3n) is 6.44. The highest BCUT2D eigenvalue weighted by Gasteiger charge is 2.32. The van der Waals surface area contributed by atoms with Gasteiger partial charge in [0.25, 0.3) is 5.56 Å². The van der Waals surface area contributed by atoms with Crippen molar-refractivity contribution in [1.82, 2.24) is 19.9 Å². The molecule has 2 unspecified atom stereocenters. The zero-order chi connectivity index (χ0) is 24.9. The van der Waals surface area contributed by atoms with E-state index >= 15 is 0 Å². The average molecular weight is 478 g/mol. The number of ketones is 1. The van der Waals surface area contributed by atoms with Crippen LogP contribution in [0.3, 0.4) is 0 Å². The number of hydrogen-bond donors (Lipinski definition) is 3. The lowest BCUT2D eigenvalue weighted by Gasteiger charge is -2.17. The number of fused-ring (bicyclic) bond motifs is 2. The summed E-state index contributed by atoms with van der Waals surface area (Å²) in [4.78, 5) is 38.0. The fourth-order valence-corrected chi connectivity index (χ4v) is 4.70. The van der Waals surface area contributed by atoms with Gasteiger partial charge in [0.2, 0.25) is 0 Å². The molecule has 1 aliphatic rings. The topological polar surface area (TPSA) is 93.9 Å². The molecule has 0 bridgehead atoms. The van der Waals surface area contributed by atoms with Gasteiger partial charge in [0, 0.05) is 17.8 Å². The second kappa shape index (κ2) is 8.74. The maximum Gasteiger partial charge on any atom is 0.261 e. The van der Waals surface area contributed by atoms with E-state index in [0.29, 0.717) is 34.6 Å². The fourth-order valence-electron chi connectivity index (χ4n) is 4.70. The number of aromatic amines is 2. The Morgan fingerprint density at radius 3 is 2.74 bits per heavy atom. The first-order valence-corrected chi connectivity index (χ1v) is 11.4. The van der Waals surface area contributed by atoms with Gasteiger partial charge in [-0.3, -0.25) is 14.5 Å². The van der Waals surface area contributed by atoms with Gasteiger partial charge in [-0.05, 0) is 81.4 Å². The molecule has 0 fully saturated rings. The van der Waals surface area contributed by atoms with Crippen molar-refractivity contribution in [1.29, 1.82) is 0 Å². The van der Waals surface area contributed by atoms with Crippen LogP contribution in [0.1, 0.15) is 28.4 Å². The molecular weight excluding hydrogens is 452 g/mol. The number of Topliss-reactive ketones (excluding diaryl/α,β-unsaturated/α-hetero) is 1. The van der Waals surface area contributed by atoms with Gasteiger partial charge in [-0.15, -0.1) is 0 Å². The van der Waals surface area contributed by atoms with Crippen molar-refractivity contribution in [3.05, 3.63) is 81.3 Å². The lowest BCUT2D eigenvalue weighted by Crippen LogP contribution is -2.33. The number of imidazole rings is 1. The fraction of sp³-hybridized carbons (Fsp3) is 0.269. The third kappa shape index (κ3) is 4.23. The smallest absolute Gasteiger partial charge is 0.261 e. The van der Waals surface area contributed by atoms with Crippen LogP contribution in [0.25, 0.3) is 22.4 Å². The van der Waals surface area contributed by atoms with Crippen molar-refractivity contribution in [3.8, 4) is 11.4 Å². The molecule has 7 nitrogen and oxygen atoms in total. The Balaban J connectivity index is 1.47. The lowest BCUT2D eigenvalue weighted by atomic mass is 10.1. The van der Waals surface area contributed by atoms with Gasteiger partial charge < -0.3 is 15.3 Å². The number of rotatable bonds is 6. The van der Waals surface area contributed by atoms with Crippen molar-refractivity contribution in [3.63, 3.8) is 0 Å². The molecular formula is C26H25F2N5O2. The van der Waals surface area contributed by atoms with Gasteiger partial charge >= 0.3 is 0 Å². The summed E-state index contributed by atoms with van der Waals surface area (Å²) >= 11 is 0. The Hall–Kier alpha value is -3.85. The number of aromatic nitrogens is 3. The predicted octanol–water partition coefficient (Wildman–Crippen LogP) is 3.91. The Bertz CT molecular complexity index is 1510. The predicted molar refractivity (Wildman–Crippen MR) is 131 cm³/mol. The number of anilines is 1. The van der Waals surface area contributed by atoms with E-state index in [0.717, 1.165) is 23.2 Å². The van der Waals surface area contributed by atoms with Gasteiger partial charge in [-0.2, -0.15) is 0 Å². The van der Waals surface area contributed by atoms with Gasteiger partial charge in [-0.1, -0.05) is 0 Å². The summed E-state index contributed by atoms with van der Waals surface area (Å²) in [6.07, 6.45) is 2.36. The molecule has 3 N–H and O–H groups in total. The molecule has 2 atom stereocenters. The zero-order valence-electron chi connectivity index (χ0n) is 19.6. The molecule has 0 aliphatic heterocycles. The number of hydrogen-bond acceptors (Lipinski definition) is 5. The number of H-pyrrole nitrogens is 2. The Morgan fingerprint density at radius 2 is 1.97 bits per heavy atom. The molecule has 1 aliphatic carbocycles. The summed E-state index contributed by atoms with van der Waals surface area (Å²) in [5.41, 5.74) is 3.62. The monoisotopic (exact) mass is 477 g/mol.